The maximum absolute atomic E-state index is 11.8. The van der Waals surface area contributed by atoms with Gasteiger partial charge in [0.15, 0.2) is 0 Å². The second-order valence-electron chi connectivity index (χ2n) is 5.83. The van der Waals surface area contributed by atoms with Crippen LogP contribution in [0.1, 0.15) is 23.3 Å². The fraction of sp³-hybridized carbons (Fsp3) is 0.294. The third-order valence-electron chi connectivity index (χ3n) is 4.09. The van der Waals surface area contributed by atoms with Crippen molar-refractivity contribution in [3.8, 4) is 0 Å². The highest BCUT2D eigenvalue weighted by Crippen LogP contribution is 2.34. The summed E-state index contributed by atoms with van der Waals surface area (Å²) in [6.45, 7) is 2.66. The fourth-order valence-electron chi connectivity index (χ4n) is 2.68. The average Bonchev–Trinajstić information content (AvgIpc) is 3.18. The molecule has 1 fully saturated rings. The number of halogens is 1. The van der Waals surface area contributed by atoms with Crippen molar-refractivity contribution in [2.45, 2.75) is 19.8 Å². The minimum absolute atomic E-state index is 0.141. The maximum Gasteiger partial charge on any atom is 0.227 e. The Morgan fingerprint density at radius 3 is 3.00 bits per heavy atom. The van der Waals surface area contributed by atoms with Crippen LogP contribution in [0.5, 0.6) is 0 Å². The lowest BCUT2D eigenvalue weighted by Gasteiger charge is -2.02. The largest absolute Gasteiger partial charge is 0.328 e. The summed E-state index contributed by atoms with van der Waals surface area (Å²) in [6, 6.07) is 5.96. The van der Waals surface area contributed by atoms with E-state index in [-0.39, 0.29) is 11.8 Å². The summed E-state index contributed by atoms with van der Waals surface area (Å²) in [5.74, 6) is 0.362. The topological polar surface area (TPSA) is 41.5 Å². The van der Waals surface area contributed by atoms with Crippen molar-refractivity contribution >= 4 is 44.6 Å². The van der Waals surface area contributed by atoms with Gasteiger partial charge >= 0.3 is 0 Å². The van der Waals surface area contributed by atoms with E-state index in [9.17, 15) is 4.79 Å². The molecule has 5 heteroatoms. The number of nitrogens with zero attached hydrogens (tertiary/aromatic N) is 1. The van der Waals surface area contributed by atoms with E-state index >= 15 is 0 Å². The molecule has 1 aliphatic heterocycles. The molecule has 0 saturated heterocycles. The maximum atomic E-state index is 11.8. The number of carbonyl (C=O) groups is 1. The molecule has 3 nitrogen and oxygen atoms in total. The van der Waals surface area contributed by atoms with Crippen LogP contribution in [0.2, 0.25) is 5.02 Å². The molecule has 1 aromatic carbocycles. The molecule has 0 radical (unpaired) electrons. The summed E-state index contributed by atoms with van der Waals surface area (Å²) >= 11 is 7.81. The van der Waals surface area contributed by atoms with Gasteiger partial charge in [0.1, 0.15) is 0 Å². The second kappa shape index (κ2) is 5.21. The van der Waals surface area contributed by atoms with Crippen molar-refractivity contribution in [2.24, 2.45) is 10.9 Å². The zero-order valence-corrected chi connectivity index (χ0v) is 13.7. The van der Waals surface area contributed by atoms with Crippen LogP contribution in [0, 0.1) is 12.8 Å². The van der Waals surface area contributed by atoms with Crippen LogP contribution in [0.15, 0.2) is 35.0 Å². The monoisotopic (exact) mass is 330 g/mol. The molecule has 2 aromatic rings. The molecule has 1 aliphatic carbocycles. The molecule has 0 spiro atoms. The highest BCUT2D eigenvalue weighted by Gasteiger charge is 2.30. The first kappa shape index (κ1) is 14.0. The standard InChI is InChI=1S/C17H15ClN2OS/c1-9-13-6-11(18)4-5-15(13)22-16(9)14-7-12(8-19-14)20-17(21)10-2-3-10/h4-7,10H,2-3,8H2,1H3,(H,20,21). The highest BCUT2D eigenvalue weighted by molar-refractivity contribution is 7.21. The number of rotatable bonds is 3. The lowest BCUT2D eigenvalue weighted by atomic mass is 10.1. The molecule has 2 heterocycles. The summed E-state index contributed by atoms with van der Waals surface area (Å²) in [5.41, 5.74) is 3.06. The van der Waals surface area contributed by atoms with Gasteiger partial charge in [-0.25, -0.2) is 0 Å². The van der Waals surface area contributed by atoms with Crippen LogP contribution in [0.25, 0.3) is 10.1 Å². The quantitative estimate of drug-likeness (QED) is 0.905. The normalized spacial score (nSPS) is 17.5. The van der Waals surface area contributed by atoms with Gasteiger partial charge in [-0.15, -0.1) is 11.3 Å². The van der Waals surface area contributed by atoms with Gasteiger partial charge in [0.25, 0.3) is 0 Å². The Kier molecular flexibility index (Phi) is 3.31. The van der Waals surface area contributed by atoms with Crippen molar-refractivity contribution in [1.29, 1.82) is 0 Å². The lowest BCUT2D eigenvalue weighted by Crippen LogP contribution is -2.24. The molecule has 0 bridgehead atoms. The van der Waals surface area contributed by atoms with Crippen molar-refractivity contribution < 1.29 is 4.79 Å². The van der Waals surface area contributed by atoms with E-state index in [4.69, 9.17) is 11.6 Å². The van der Waals surface area contributed by atoms with E-state index in [1.165, 1.54) is 15.6 Å². The van der Waals surface area contributed by atoms with Crippen LogP contribution in [0.4, 0.5) is 0 Å². The molecule has 0 atom stereocenters. The van der Waals surface area contributed by atoms with E-state index in [0.29, 0.717) is 6.54 Å². The summed E-state index contributed by atoms with van der Waals surface area (Å²) in [5, 5.41) is 4.92. The average molecular weight is 331 g/mol. The van der Waals surface area contributed by atoms with Crippen LogP contribution < -0.4 is 5.32 Å². The Labute approximate surface area is 137 Å². The van der Waals surface area contributed by atoms with E-state index < -0.39 is 0 Å². The van der Waals surface area contributed by atoms with Gasteiger partial charge in [0.2, 0.25) is 5.91 Å². The summed E-state index contributed by atoms with van der Waals surface area (Å²) in [4.78, 5) is 17.6. The van der Waals surface area contributed by atoms with E-state index in [2.05, 4.69) is 17.2 Å². The van der Waals surface area contributed by atoms with E-state index in [0.717, 1.165) is 34.2 Å². The molecule has 22 heavy (non-hydrogen) atoms. The van der Waals surface area contributed by atoms with E-state index in [1.807, 2.05) is 24.3 Å². The Morgan fingerprint density at radius 1 is 1.41 bits per heavy atom. The predicted octanol–water partition coefficient (Wildman–Crippen LogP) is 4.08. The summed E-state index contributed by atoms with van der Waals surface area (Å²) in [7, 11) is 0. The van der Waals surface area contributed by atoms with Gasteiger partial charge < -0.3 is 5.32 Å². The minimum atomic E-state index is 0.141. The number of nitrogens with one attached hydrogen (secondary N) is 1. The SMILES string of the molecule is Cc1c(C2=NCC(NC(=O)C3CC3)=C2)sc2ccc(Cl)cc12. The van der Waals surface area contributed by atoms with Crippen molar-refractivity contribution in [1.82, 2.24) is 5.32 Å². The number of amides is 1. The Bertz CT molecular complexity index is 846. The Balaban J connectivity index is 1.63. The number of allylic oxidation sites excluding steroid dienone is 1. The predicted molar refractivity (Wildman–Crippen MR) is 91.9 cm³/mol. The summed E-state index contributed by atoms with van der Waals surface area (Å²) < 4.78 is 1.21. The first-order valence-electron chi connectivity index (χ1n) is 7.37. The van der Waals surface area contributed by atoms with Gasteiger partial charge in [0, 0.05) is 21.3 Å². The summed E-state index contributed by atoms with van der Waals surface area (Å²) in [6.07, 6.45) is 4.03. The van der Waals surface area contributed by atoms with Gasteiger partial charge in [-0.2, -0.15) is 0 Å². The van der Waals surface area contributed by atoms with Crippen molar-refractivity contribution in [3.63, 3.8) is 0 Å². The Hall–Kier alpha value is -1.65. The zero-order chi connectivity index (χ0) is 15.3. The zero-order valence-electron chi connectivity index (χ0n) is 12.1. The number of aliphatic imine (C=N–C) groups is 1. The number of carbonyl (C=O) groups excluding carboxylic acids is 1. The van der Waals surface area contributed by atoms with E-state index in [1.54, 1.807) is 11.3 Å². The van der Waals surface area contributed by atoms with Crippen LogP contribution in [0.3, 0.4) is 0 Å². The fourth-order valence-corrected chi connectivity index (χ4v) is 4.02. The number of fused-ring (bicyclic) bond motifs is 1. The molecular weight excluding hydrogens is 316 g/mol. The van der Waals surface area contributed by atoms with Gasteiger partial charge in [0.05, 0.1) is 17.1 Å². The molecule has 0 unspecified atom stereocenters. The van der Waals surface area contributed by atoms with Crippen LogP contribution >= 0.6 is 22.9 Å². The molecule has 112 valence electrons. The second-order valence-corrected chi connectivity index (χ2v) is 7.32. The molecule has 1 aromatic heterocycles. The van der Waals surface area contributed by atoms with Crippen LogP contribution in [-0.4, -0.2) is 18.2 Å². The third kappa shape index (κ3) is 2.46. The van der Waals surface area contributed by atoms with Crippen molar-refractivity contribution in [2.75, 3.05) is 6.54 Å². The number of aryl methyl sites for hydroxylation is 1. The van der Waals surface area contributed by atoms with Crippen molar-refractivity contribution in [3.05, 3.63) is 45.4 Å². The smallest absolute Gasteiger partial charge is 0.227 e. The molecule has 1 N–H and O–H groups in total. The number of hydrogen-bond acceptors (Lipinski definition) is 3. The molecule has 1 saturated carbocycles. The molecular formula is C17H15ClN2OS. The number of hydrogen-bond donors (Lipinski definition) is 1. The first-order chi connectivity index (χ1) is 10.6. The van der Waals surface area contributed by atoms with Gasteiger partial charge in [-0.05, 0) is 55.0 Å². The molecule has 4 rings (SSSR count). The third-order valence-corrected chi connectivity index (χ3v) is 5.62. The number of benzene rings is 1. The number of thiophene rings is 1. The van der Waals surface area contributed by atoms with Crippen LogP contribution in [-0.2, 0) is 4.79 Å². The Morgan fingerprint density at radius 2 is 2.23 bits per heavy atom. The molecule has 2 aliphatic rings. The molecule has 1 amide bonds. The van der Waals surface area contributed by atoms with Gasteiger partial charge in [-0.1, -0.05) is 11.6 Å². The lowest BCUT2D eigenvalue weighted by molar-refractivity contribution is -0.121. The van der Waals surface area contributed by atoms with Gasteiger partial charge in [-0.3, -0.25) is 9.79 Å². The first-order valence-corrected chi connectivity index (χ1v) is 8.56. The highest BCUT2D eigenvalue weighted by atomic mass is 35.5. The minimum Gasteiger partial charge on any atom is -0.328 e.